The van der Waals surface area contributed by atoms with Crippen LogP contribution in [0.15, 0.2) is 59.8 Å². The second kappa shape index (κ2) is 15.5. The third kappa shape index (κ3) is 7.93. The predicted octanol–water partition coefficient (Wildman–Crippen LogP) is 9.01. The highest BCUT2D eigenvalue weighted by Gasteiger charge is 2.31. The van der Waals surface area contributed by atoms with Gasteiger partial charge in [-0.05, 0) is 67.6 Å². The van der Waals surface area contributed by atoms with Crippen molar-refractivity contribution in [1.82, 2.24) is 9.55 Å². The number of nitrogens with zero attached hydrogens (tertiary/aromatic N) is 2. The number of halogens is 5. The zero-order valence-corrected chi connectivity index (χ0v) is 26.6. The van der Waals surface area contributed by atoms with Crippen molar-refractivity contribution in [3.63, 3.8) is 0 Å². The van der Waals surface area contributed by atoms with Crippen LogP contribution in [0.4, 0.5) is 13.2 Å². The van der Waals surface area contributed by atoms with Crippen molar-refractivity contribution >= 4 is 35.0 Å². The Morgan fingerprint density at radius 1 is 0.977 bits per heavy atom. The van der Waals surface area contributed by atoms with Gasteiger partial charge in [0.25, 0.3) is 0 Å². The largest absolute Gasteiger partial charge is 0.493 e. The van der Waals surface area contributed by atoms with Crippen molar-refractivity contribution in [2.45, 2.75) is 49.6 Å². The lowest BCUT2D eigenvalue weighted by atomic mass is 9.99. The summed E-state index contributed by atoms with van der Waals surface area (Å²) in [6, 6.07) is 14.2. The molecule has 4 aromatic rings. The van der Waals surface area contributed by atoms with Crippen molar-refractivity contribution in [2.24, 2.45) is 0 Å². The van der Waals surface area contributed by atoms with Gasteiger partial charge in [0, 0.05) is 53.1 Å². The van der Waals surface area contributed by atoms with Gasteiger partial charge in [0.1, 0.15) is 29.3 Å². The molecular formula is C33H33Cl2F3N2O3S. The highest BCUT2D eigenvalue weighted by molar-refractivity contribution is 7.98. The molecule has 0 aliphatic carbocycles. The lowest BCUT2D eigenvalue weighted by molar-refractivity contribution is 0.0648. The van der Waals surface area contributed by atoms with E-state index in [2.05, 4.69) is 0 Å². The summed E-state index contributed by atoms with van der Waals surface area (Å²) < 4.78 is 63.3. The van der Waals surface area contributed by atoms with Crippen LogP contribution in [0.2, 0.25) is 5.02 Å². The van der Waals surface area contributed by atoms with Gasteiger partial charge in [-0.25, -0.2) is 18.2 Å². The molecule has 0 spiro atoms. The third-order valence-corrected chi connectivity index (χ3v) is 8.83. The number of unbranched alkanes of at least 4 members (excludes halogenated alkanes) is 2. The summed E-state index contributed by atoms with van der Waals surface area (Å²) in [4.78, 5) is 4.88. The van der Waals surface area contributed by atoms with Crippen LogP contribution in [0.3, 0.4) is 0 Å². The van der Waals surface area contributed by atoms with Crippen molar-refractivity contribution in [1.29, 1.82) is 0 Å². The Hall–Kier alpha value is -2.69. The summed E-state index contributed by atoms with van der Waals surface area (Å²) in [6.45, 7) is 3.87. The molecular weight excluding hydrogens is 632 g/mol. The fourth-order valence-electron chi connectivity index (χ4n) is 5.05. The minimum absolute atomic E-state index is 0.0110. The lowest BCUT2D eigenvalue weighted by Gasteiger charge is -2.26. The van der Waals surface area contributed by atoms with Crippen LogP contribution < -0.4 is 4.74 Å². The smallest absolute Gasteiger partial charge is 0.173 e. The van der Waals surface area contributed by atoms with Crippen LogP contribution in [0.25, 0.3) is 5.69 Å². The van der Waals surface area contributed by atoms with Gasteiger partial charge in [0.05, 0.1) is 31.2 Å². The molecule has 1 unspecified atom stereocenters. The van der Waals surface area contributed by atoms with E-state index in [0.717, 1.165) is 41.8 Å². The first-order valence-electron chi connectivity index (χ1n) is 14.5. The molecule has 44 heavy (non-hydrogen) atoms. The van der Waals surface area contributed by atoms with E-state index in [-0.39, 0.29) is 22.9 Å². The first kappa shape index (κ1) is 32.7. The molecule has 5 rings (SSSR count). The van der Waals surface area contributed by atoms with E-state index in [1.165, 1.54) is 36.0 Å². The van der Waals surface area contributed by atoms with Crippen LogP contribution >= 0.6 is 35.0 Å². The number of hydrogen-bond acceptors (Lipinski definition) is 5. The number of fused-ring (bicyclic) bond motifs is 1. The Labute approximate surface area is 269 Å². The molecule has 1 aromatic heterocycles. The summed E-state index contributed by atoms with van der Waals surface area (Å²) in [5.74, 6) is -1.15. The molecule has 0 saturated heterocycles. The van der Waals surface area contributed by atoms with E-state index in [4.69, 9.17) is 42.4 Å². The van der Waals surface area contributed by atoms with Gasteiger partial charge >= 0.3 is 0 Å². The summed E-state index contributed by atoms with van der Waals surface area (Å²) in [5, 5.41) is 1.18. The molecule has 5 nitrogen and oxygen atoms in total. The maximum atomic E-state index is 15.2. The van der Waals surface area contributed by atoms with Gasteiger partial charge < -0.3 is 14.2 Å². The van der Waals surface area contributed by atoms with Gasteiger partial charge in [-0.2, -0.15) is 0 Å². The number of alkyl halides is 1. The molecule has 1 aliphatic rings. The normalized spacial score (nSPS) is 14.5. The molecule has 0 radical (unpaired) electrons. The van der Waals surface area contributed by atoms with Crippen molar-refractivity contribution in [2.75, 3.05) is 32.3 Å². The summed E-state index contributed by atoms with van der Waals surface area (Å²) in [7, 11) is 0. The van der Waals surface area contributed by atoms with Gasteiger partial charge in [-0.3, -0.25) is 4.57 Å². The second-order valence-corrected chi connectivity index (χ2v) is 12.1. The SMILES string of the molecule is Cc1cc(C2OCCc3nc(SCc4c(F)cc(OCCCCCOCCCl)cc4F)n(-c4ccc(F)cc4)c32)ccc1Cl. The van der Waals surface area contributed by atoms with Crippen LogP contribution in [-0.4, -0.2) is 41.9 Å². The molecule has 0 amide bonds. The Balaban J connectivity index is 1.35. The molecule has 11 heteroatoms. The number of aryl methyl sites for hydroxylation is 1. The van der Waals surface area contributed by atoms with Crippen LogP contribution in [-0.2, 0) is 21.6 Å². The van der Waals surface area contributed by atoms with E-state index in [9.17, 15) is 4.39 Å². The maximum Gasteiger partial charge on any atom is 0.173 e. The van der Waals surface area contributed by atoms with E-state index < -0.39 is 17.7 Å². The highest BCUT2D eigenvalue weighted by Crippen LogP contribution is 2.39. The number of benzene rings is 3. The quantitative estimate of drug-likeness (QED) is 0.0765. The highest BCUT2D eigenvalue weighted by atomic mass is 35.5. The van der Waals surface area contributed by atoms with Gasteiger partial charge in [0.15, 0.2) is 5.16 Å². The van der Waals surface area contributed by atoms with E-state index in [1.807, 2.05) is 29.7 Å². The van der Waals surface area contributed by atoms with Gasteiger partial charge in [-0.15, -0.1) is 11.6 Å². The Morgan fingerprint density at radius 3 is 2.45 bits per heavy atom. The second-order valence-electron chi connectivity index (χ2n) is 10.4. The van der Waals surface area contributed by atoms with E-state index in [0.29, 0.717) is 54.6 Å². The number of imidazole rings is 1. The van der Waals surface area contributed by atoms with Crippen molar-refractivity contribution in [3.05, 3.63) is 105 Å². The topological polar surface area (TPSA) is 45.5 Å². The number of thioether (sulfide) groups is 1. The number of aromatic nitrogens is 2. The zero-order valence-electron chi connectivity index (χ0n) is 24.3. The minimum atomic E-state index is -0.690. The van der Waals surface area contributed by atoms with Crippen LogP contribution in [0.5, 0.6) is 5.75 Å². The van der Waals surface area contributed by atoms with E-state index in [1.54, 1.807) is 12.1 Å². The molecule has 1 aliphatic heterocycles. The first-order valence-corrected chi connectivity index (χ1v) is 16.4. The van der Waals surface area contributed by atoms with Crippen LogP contribution in [0.1, 0.15) is 53.4 Å². The van der Waals surface area contributed by atoms with Gasteiger partial charge in [0.2, 0.25) is 0 Å². The average Bonchev–Trinajstić information content (AvgIpc) is 3.38. The predicted molar refractivity (Wildman–Crippen MR) is 168 cm³/mol. The zero-order chi connectivity index (χ0) is 31.1. The average molecular weight is 666 g/mol. The number of hydrogen-bond donors (Lipinski definition) is 0. The third-order valence-electron chi connectivity index (χ3n) is 7.28. The summed E-state index contributed by atoms with van der Waals surface area (Å²) in [5.41, 5.74) is 4.01. The number of rotatable bonds is 14. The Kier molecular flexibility index (Phi) is 11.5. The molecule has 1 atom stereocenters. The van der Waals surface area contributed by atoms with E-state index >= 15 is 8.78 Å². The van der Waals surface area contributed by atoms with Crippen molar-refractivity contribution in [3.8, 4) is 11.4 Å². The Morgan fingerprint density at radius 2 is 1.73 bits per heavy atom. The van der Waals surface area contributed by atoms with Crippen molar-refractivity contribution < 1.29 is 27.4 Å². The first-order chi connectivity index (χ1) is 21.4. The molecule has 0 bridgehead atoms. The van der Waals surface area contributed by atoms with Gasteiger partial charge in [-0.1, -0.05) is 35.5 Å². The maximum absolute atomic E-state index is 15.2. The molecule has 2 heterocycles. The lowest BCUT2D eigenvalue weighted by Crippen LogP contribution is -2.20. The van der Waals surface area contributed by atoms with Crippen LogP contribution in [0, 0.1) is 24.4 Å². The standard InChI is InChI=1S/C33H33Cl2F3N2O3S/c1-21-17-22(5-10-27(21)35)32-31-30(11-15-43-32)39-33(40(31)24-8-6-23(36)7-9-24)44-20-26-28(37)18-25(19-29(26)38)42-14-4-2-3-13-41-16-12-34/h5-10,17-19,32H,2-4,11-16,20H2,1H3. The Bertz CT molecular complexity index is 1550. The molecule has 3 aromatic carbocycles. The molecule has 0 fully saturated rings. The minimum Gasteiger partial charge on any atom is -0.493 e. The monoisotopic (exact) mass is 664 g/mol. The number of ether oxygens (including phenoxy) is 3. The fraction of sp³-hybridized carbons (Fsp3) is 0.364. The molecule has 0 saturated carbocycles. The molecule has 0 N–H and O–H groups in total. The summed E-state index contributed by atoms with van der Waals surface area (Å²) in [6.07, 6.45) is 2.58. The fourth-order valence-corrected chi connectivity index (χ4v) is 6.33. The summed E-state index contributed by atoms with van der Waals surface area (Å²) >= 11 is 13.1. The molecule has 234 valence electrons.